The molecule has 1 heterocycles. The van der Waals surface area contributed by atoms with E-state index in [0.29, 0.717) is 12.3 Å². The van der Waals surface area contributed by atoms with Crippen molar-refractivity contribution in [1.82, 2.24) is 0 Å². The largest absolute Gasteiger partial charge is 0.494 e. The second-order valence-corrected chi connectivity index (χ2v) is 6.13. The van der Waals surface area contributed by atoms with Crippen molar-refractivity contribution < 1.29 is 9.13 Å². The summed E-state index contributed by atoms with van der Waals surface area (Å²) < 4.78 is 19.7. The second-order valence-electron chi connectivity index (χ2n) is 3.53. The monoisotopic (exact) mass is 349 g/mol. The minimum Gasteiger partial charge on any atom is -0.494 e. The second kappa shape index (κ2) is 5.91. The molecule has 0 saturated carbocycles. The van der Waals surface area contributed by atoms with Crippen molar-refractivity contribution in [3.05, 3.63) is 43.8 Å². The summed E-state index contributed by atoms with van der Waals surface area (Å²) in [6, 6.07) is 6.34. The van der Waals surface area contributed by atoms with E-state index in [1.807, 2.05) is 6.07 Å². The van der Waals surface area contributed by atoms with Crippen LogP contribution >= 0.6 is 38.9 Å². The number of thiophene rings is 1. The van der Waals surface area contributed by atoms with Gasteiger partial charge in [-0.05, 0) is 34.1 Å². The molecule has 6 heteroatoms. The zero-order chi connectivity index (χ0) is 13.1. The fourth-order valence-corrected chi connectivity index (χ4v) is 3.20. The van der Waals surface area contributed by atoms with Crippen molar-refractivity contribution in [2.75, 3.05) is 12.4 Å². The van der Waals surface area contributed by atoms with Crippen LogP contribution in [0.5, 0.6) is 5.75 Å². The summed E-state index contributed by atoms with van der Waals surface area (Å²) in [6.07, 6.45) is 0. The first kappa shape index (κ1) is 13.6. The highest BCUT2D eigenvalue weighted by atomic mass is 79.9. The Morgan fingerprint density at radius 3 is 2.83 bits per heavy atom. The lowest BCUT2D eigenvalue weighted by Crippen LogP contribution is -2.00. The Bertz CT molecular complexity index is 542. The third-order valence-electron chi connectivity index (χ3n) is 2.31. The Hall–Kier alpha value is -0.780. The van der Waals surface area contributed by atoms with Crippen LogP contribution < -0.4 is 10.1 Å². The van der Waals surface area contributed by atoms with Gasteiger partial charge in [0.1, 0.15) is 15.9 Å². The molecule has 0 saturated heterocycles. The van der Waals surface area contributed by atoms with Gasteiger partial charge in [-0.3, -0.25) is 0 Å². The first-order valence-electron chi connectivity index (χ1n) is 5.11. The molecule has 0 bridgehead atoms. The van der Waals surface area contributed by atoms with E-state index in [0.717, 1.165) is 19.4 Å². The van der Waals surface area contributed by atoms with Crippen LogP contribution in [0, 0.1) is 5.82 Å². The average Bonchev–Trinajstić information content (AvgIpc) is 2.67. The Kier molecular flexibility index (Phi) is 4.48. The van der Waals surface area contributed by atoms with Gasteiger partial charge < -0.3 is 10.1 Å². The zero-order valence-electron chi connectivity index (χ0n) is 9.47. The van der Waals surface area contributed by atoms with Crippen LogP contribution in [0.2, 0.25) is 4.34 Å². The summed E-state index contributed by atoms with van der Waals surface area (Å²) in [5.41, 5.74) is 0.750. The normalized spacial score (nSPS) is 10.4. The highest BCUT2D eigenvalue weighted by Crippen LogP contribution is 2.33. The van der Waals surface area contributed by atoms with Crippen LogP contribution in [-0.2, 0) is 6.54 Å². The number of ether oxygens (including phenoxy) is 1. The van der Waals surface area contributed by atoms with E-state index in [-0.39, 0.29) is 5.82 Å². The Labute approximate surface area is 122 Å². The highest BCUT2D eigenvalue weighted by molar-refractivity contribution is 9.10. The molecule has 1 aromatic carbocycles. The van der Waals surface area contributed by atoms with E-state index in [4.69, 9.17) is 16.3 Å². The van der Waals surface area contributed by atoms with Crippen LogP contribution in [-0.4, -0.2) is 7.11 Å². The maximum atomic E-state index is 13.0. The molecule has 0 atom stereocenters. The lowest BCUT2D eigenvalue weighted by atomic mass is 10.3. The fourth-order valence-electron chi connectivity index (χ4n) is 1.47. The summed E-state index contributed by atoms with van der Waals surface area (Å²) in [5.74, 6) is 0.163. The van der Waals surface area contributed by atoms with Crippen LogP contribution in [0.4, 0.5) is 10.1 Å². The minimum absolute atomic E-state index is 0.320. The maximum Gasteiger partial charge on any atom is 0.144 e. The van der Waals surface area contributed by atoms with Crippen molar-refractivity contribution in [2.24, 2.45) is 0 Å². The zero-order valence-corrected chi connectivity index (χ0v) is 12.6. The molecule has 0 aliphatic rings. The number of hydrogen-bond donors (Lipinski definition) is 1. The van der Waals surface area contributed by atoms with Crippen molar-refractivity contribution in [3.63, 3.8) is 0 Å². The van der Waals surface area contributed by atoms with E-state index in [1.54, 1.807) is 6.07 Å². The average molecular weight is 351 g/mol. The molecule has 2 nitrogen and oxygen atoms in total. The molecule has 0 fully saturated rings. The van der Waals surface area contributed by atoms with Gasteiger partial charge in [-0.25, -0.2) is 4.39 Å². The predicted molar refractivity (Wildman–Crippen MR) is 77.3 cm³/mol. The van der Waals surface area contributed by atoms with Crippen molar-refractivity contribution in [3.8, 4) is 5.75 Å². The molecule has 0 radical (unpaired) electrons. The van der Waals surface area contributed by atoms with Crippen LogP contribution in [0.25, 0.3) is 0 Å². The molecule has 0 aliphatic carbocycles. The molecule has 0 spiro atoms. The molecular weight excluding hydrogens is 341 g/mol. The summed E-state index contributed by atoms with van der Waals surface area (Å²) in [4.78, 5) is 1.08. The summed E-state index contributed by atoms with van der Waals surface area (Å²) in [5, 5.41) is 3.19. The van der Waals surface area contributed by atoms with Crippen molar-refractivity contribution in [2.45, 2.75) is 6.54 Å². The fraction of sp³-hybridized carbons (Fsp3) is 0.167. The number of halogens is 3. The molecular formula is C12H10BrClFNOS. The lowest BCUT2D eigenvalue weighted by molar-refractivity contribution is 0.413. The van der Waals surface area contributed by atoms with Gasteiger partial charge >= 0.3 is 0 Å². The molecule has 1 N–H and O–H groups in total. The number of methoxy groups -OCH3 is 1. The van der Waals surface area contributed by atoms with Crippen molar-refractivity contribution in [1.29, 1.82) is 0 Å². The van der Waals surface area contributed by atoms with E-state index >= 15 is 0 Å². The number of nitrogens with one attached hydrogen (secondary N) is 1. The van der Waals surface area contributed by atoms with E-state index in [2.05, 4.69) is 21.2 Å². The Morgan fingerprint density at radius 2 is 2.22 bits per heavy atom. The van der Waals surface area contributed by atoms with Gasteiger partial charge in [-0.15, -0.1) is 11.3 Å². The van der Waals surface area contributed by atoms with Gasteiger partial charge in [0.05, 0.1) is 12.8 Å². The van der Waals surface area contributed by atoms with Gasteiger partial charge in [0, 0.05) is 22.0 Å². The standard InChI is InChI=1S/C12H10BrClFNOS/c1-17-11-4-7(15)2-3-10(11)16-6-8-5-9(13)12(14)18-8/h2-5,16H,6H2,1H3. The van der Waals surface area contributed by atoms with Crippen LogP contribution in [0.1, 0.15) is 4.88 Å². The SMILES string of the molecule is COc1cc(F)ccc1NCc1cc(Br)c(Cl)s1. The predicted octanol–water partition coefficient (Wildman–Crippen LogP) is 4.92. The molecule has 1 aromatic heterocycles. The number of anilines is 1. The van der Waals surface area contributed by atoms with E-state index in [9.17, 15) is 4.39 Å². The molecule has 0 aliphatic heterocycles. The maximum absolute atomic E-state index is 13.0. The molecule has 2 aromatic rings. The highest BCUT2D eigenvalue weighted by Gasteiger charge is 2.07. The molecule has 18 heavy (non-hydrogen) atoms. The van der Waals surface area contributed by atoms with Crippen LogP contribution in [0.3, 0.4) is 0 Å². The third-order valence-corrected chi connectivity index (χ3v) is 4.79. The summed E-state index contributed by atoms with van der Waals surface area (Å²) in [6.45, 7) is 0.609. The van der Waals surface area contributed by atoms with Crippen LogP contribution in [0.15, 0.2) is 28.7 Å². The Balaban J connectivity index is 2.10. The van der Waals surface area contributed by atoms with Gasteiger partial charge in [0.25, 0.3) is 0 Å². The summed E-state index contributed by atoms with van der Waals surface area (Å²) >= 11 is 10.8. The molecule has 96 valence electrons. The van der Waals surface area contributed by atoms with Gasteiger partial charge in [0.15, 0.2) is 0 Å². The first-order chi connectivity index (χ1) is 8.60. The minimum atomic E-state index is -0.320. The quantitative estimate of drug-likeness (QED) is 0.844. The van der Waals surface area contributed by atoms with Gasteiger partial charge in [-0.2, -0.15) is 0 Å². The first-order valence-corrected chi connectivity index (χ1v) is 7.10. The van der Waals surface area contributed by atoms with Gasteiger partial charge in [0.2, 0.25) is 0 Å². The third kappa shape index (κ3) is 3.16. The van der Waals surface area contributed by atoms with Gasteiger partial charge in [-0.1, -0.05) is 11.6 Å². The Morgan fingerprint density at radius 1 is 1.44 bits per heavy atom. The topological polar surface area (TPSA) is 21.3 Å². The lowest BCUT2D eigenvalue weighted by Gasteiger charge is -2.10. The molecule has 0 amide bonds. The van der Waals surface area contributed by atoms with E-state index in [1.165, 1.54) is 30.6 Å². The molecule has 0 unspecified atom stereocenters. The smallest absolute Gasteiger partial charge is 0.144 e. The summed E-state index contributed by atoms with van der Waals surface area (Å²) in [7, 11) is 1.51. The number of hydrogen-bond acceptors (Lipinski definition) is 3. The van der Waals surface area contributed by atoms with Crippen molar-refractivity contribution >= 4 is 44.6 Å². The van der Waals surface area contributed by atoms with E-state index < -0.39 is 0 Å². The molecule has 2 rings (SSSR count). The number of rotatable bonds is 4. The number of benzene rings is 1.